The van der Waals surface area contributed by atoms with Crippen molar-refractivity contribution in [3.05, 3.63) is 58.9 Å². The van der Waals surface area contributed by atoms with Crippen molar-refractivity contribution in [1.82, 2.24) is 20.6 Å². The quantitative estimate of drug-likeness (QED) is 0.361. The lowest BCUT2D eigenvalue weighted by molar-refractivity contribution is -0.125. The smallest absolute Gasteiger partial charge is 0.267 e. The molecule has 10 heteroatoms. The van der Waals surface area contributed by atoms with E-state index in [0.29, 0.717) is 36.4 Å². The van der Waals surface area contributed by atoms with Gasteiger partial charge in [0.1, 0.15) is 5.69 Å². The highest BCUT2D eigenvalue weighted by Crippen LogP contribution is 2.39. The molecule has 3 atom stereocenters. The number of carbonyl (C=O) groups is 4. The Hall–Kier alpha value is -3.66. The zero-order valence-corrected chi connectivity index (χ0v) is 20.4. The molecular formula is C26H27N5O4S. The van der Waals surface area contributed by atoms with Gasteiger partial charge in [-0.25, -0.2) is 4.98 Å². The number of nitrogens with two attached hydrogens (primary N) is 1. The van der Waals surface area contributed by atoms with E-state index < -0.39 is 17.9 Å². The summed E-state index contributed by atoms with van der Waals surface area (Å²) in [6, 6.07) is 9.88. The van der Waals surface area contributed by atoms with Gasteiger partial charge < -0.3 is 16.4 Å². The molecule has 2 aliphatic rings. The number of hydrogen-bond acceptors (Lipinski definition) is 7. The molecule has 0 unspecified atom stereocenters. The molecular weight excluding hydrogens is 478 g/mol. The van der Waals surface area contributed by atoms with E-state index in [0.717, 1.165) is 17.5 Å². The molecule has 0 radical (unpaired) electrons. The van der Waals surface area contributed by atoms with Crippen molar-refractivity contribution >= 4 is 45.1 Å². The Balaban J connectivity index is 1.45. The molecule has 3 heterocycles. The Morgan fingerprint density at radius 1 is 1.11 bits per heavy atom. The van der Waals surface area contributed by atoms with Crippen LogP contribution in [0.25, 0.3) is 10.2 Å². The Bertz CT molecular complexity index is 1300. The van der Waals surface area contributed by atoms with E-state index in [1.54, 1.807) is 12.1 Å². The monoisotopic (exact) mass is 505 g/mol. The van der Waals surface area contributed by atoms with Crippen LogP contribution >= 0.6 is 11.3 Å². The number of nitrogens with zero attached hydrogens (tertiary/aromatic N) is 2. The zero-order chi connectivity index (χ0) is 25.2. The summed E-state index contributed by atoms with van der Waals surface area (Å²) < 4.78 is 0.873. The van der Waals surface area contributed by atoms with Gasteiger partial charge in [-0.2, -0.15) is 0 Å². The Kier molecular flexibility index (Phi) is 6.77. The number of para-hydroxylation sites is 1. The van der Waals surface area contributed by atoms with Crippen molar-refractivity contribution in [1.29, 1.82) is 0 Å². The second-order valence-corrected chi connectivity index (χ2v) is 10.5. The Morgan fingerprint density at radius 3 is 2.61 bits per heavy atom. The highest BCUT2D eigenvalue weighted by Gasteiger charge is 2.37. The number of nitrogens with one attached hydrogen (secondary N) is 2. The van der Waals surface area contributed by atoms with E-state index in [4.69, 9.17) is 5.73 Å². The van der Waals surface area contributed by atoms with Crippen LogP contribution in [0.4, 0.5) is 0 Å². The van der Waals surface area contributed by atoms with Gasteiger partial charge in [0.2, 0.25) is 17.6 Å². The average molecular weight is 506 g/mol. The first-order valence-corrected chi connectivity index (χ1v) is 12.9. The minimum atomic E-state index is -0.928. The SMILES string of the molecule is NC(=O)c1ncccc1[C@H](CC1CC1)C(=O)N[C@@H](C[C@@H]1CCNC1=O)C(=O)c1nc2ccccc2s1. The van der Waals surface area contributed by atoms with Gasteiger partial charge in [0, 0.05) is 18.7 Å². The molecule has 9 nitrogen and oxygen atoms in total. The first-order valence-electron chi connectivity index (χ1n) is 12.1. The van der Waals surface area contributed by atoms with Gasteiger partial charge >= 0.3 is 0 Å². The molecule has 36 heavy (non-hydrogen) atoms. The molecule has 1 aliphatic carbocycles. The van der Waals surface area contributed by atoms with E-state index in [1.165, 1.54) is 17.5 Å². The van der Waals surface area contributed by atoms with Crippen molar-refractivity contribution in [2.75, 3.05) is 6.54 Å². The third kappa shape index (κ3) is 5.13. The number of thiazole rings is 1. The van der Waals surface area contributed by atoms with Crippen molar-refractivity contribution < 1.29 is 19.2 Å². The normalized spacial score (nSPS) is 19.0. The highest BCUT2D eigenvalue weighted by atomic mass is 32.1. The van der Waals surface area contributed by atoms with E-state index >= 15 is 0 Å². The van der Waals surface area contributed by atoms with Gasteiger partial charge in [-0.3, -0.25) is 24.2 Å². The van der Waals surface area contributed by atoms with Crippen LogP contribution in [0.15, 0.2) is 42.6 Å². The Morgan fingerprint density at radius 2 is 1.92 bits per heavy atom. The molecule has 0 spiro atoms. The van der Waals surface area contributed by atoms with Crippen molar-refractivity contribution in [3.8, 4) is 0 Å². The maximum Gasteiger partial charge on any atom is 0.267 e. The molecule has 5 rings (SSSR count). The minimum Gasteiger partial charge on any atom is -0.364 e. The topological polar surface area (TPSA) is 144 Å². The second-order valence-electron chi connectivity index (χ2n) is 9.46. The number of aromatic nitrogens is 2. The van der Waals surface area contributed by atoms with E-state index in [-0.39, 0.29) is 40.6 Å². The van der Waals surface area contributed by atoms with Crippen LogP contribution < -0.4 is 16.4 Å². The zero-order valence-electron chi connectivity index (χ0n) is 19.6. The minimum absolute atomic E-state index is 0.0579. The molecule has 2 fully saturated rings. The number of hydrogen-bond donors (Lipinski definition) is 3. The summed E-state index contributed by atoms with van der Waals surface area (Å²) in [7, 11) is 0. The summed E-state index contributed by atoms with van der Waals surface area (Å²) in [6.07, 6.45) is 4.78. The van der Waals surface area contributed by atoms with E-state index in [9.17, 15) is 19.2 Å². The predicted molar refractivity (Wildman–Crippen MR) is 134 cm³/mol. The van der Waals surface area contributed by atoms with Gasteiger partial charge in [-0.15, -0.1) is 11.3 Å². The summed E-state index contributed by atoms with van der Waals surface area (Å²) in [6.45, 7) is 0.543. The molecule has 1 aromatic carbocycles. The summed E-state index contributed by atoms with van der Waals surface area (Å²) in [5.41, 5.74) is 6.77. The van der Waals surface area contributed by atoms with Crippen LogP contribution in [-0.2, 0) is 9.59 Å². The summed E-state index contributed by atoms with van der Waals surface area (Å²) in [4.78, 5) is 60.3. The maximum absolute atomic E-state index is 13.7. The van der Waals surface area contributed by atoms with Crippen LogP contribution in [0.2, 0.25) is 0 Å². The third-order valence-corrected chi connectivity index (χ3v) is 7.90. The number of Topliss-reactive ketones (excluding diaryl/α,β-unsaturated/α-hetero) is 1. The molecule has 2 aromatic heterocycles. The van der Waals surface area contributed by atoms with Gasteiger partial charge in [-0.05, 0) is 48.9 Å². The van der Waals surface area contributed by atoms with Crippen LogP contribution in [0, 0.1) is 11.8 Å². The average Bonchev–Trinajstić information content (AvgIpc) is 3.45. The number of fused-ring (bicyclic) bond motifs is 1. The fourth-order valence-electron chi connectivity index (χ4n) is 4.75. The molecule has 3 amide bonds. The van der Waals surface area contributed by atoms with Crippen molar-refractivity contribution in [2.24, 2.45) is 17.6 Å². The lowest BCUT2D eigenvalue weighted by Crippen LogP contribution is -2.45. The summed E-state index contributed by atoms with van der Waals surface area (Å²) in [5.74, 6) is -2.23. The number of ketones is 1. The number of amides is 3. The predicted octanol–water partition coefficient (Wildman–Crippen LogP) is 2.57. The van der Waals surface area contributed by atoms with Crippen LogP contribution in [-0.4, -0.2) is 46.1 Å². The number of benzene rings is 1. The summed E-state index contributed by atoms with van der Waals surface area (Å²) >= 11 is 1.27. The van der Waals surface area contributed by atoms with Crippen LogP contribution in [0.5, 0.6) is 0 Å². The molecule has 1 aliphatic heterocycles. The molecule has 1 saturated carbocycles. The van der Waals surface area contributed by atoms with Crippen LogP contribution in [0.3, 0.4) is 0 Å². The molecule has 4 N–H and O–H groups in total. The molecule has 3 aromatic rings. The second kappa shape index (κ2) is 10.1. The molecule has 186 valence electrons. The number of primary amides is 1. The molecule has 1 saturated heterocycles. The summed E-state index contributed by atoms with van der Waals surface area (Å²) in [5, 5.41) is 6.01. The van der Waals surface area contributed by atoms with Crippen molar-refractivity contribution in [3.63, 3.8) is 0 Å². The fourth-order valence-corrected chi connectivity index (χ4v) is 5.71. The first-order chi connectivity index (χ1) is 17.4. The largest absolute Gasteiger partial charge is 0.364 e. The lowest BCUT2D eigenvalue weighted by Gasteiger charge is -2.24. The fraction of sp³-hybridized carbons (Fsp3) is 0.385. The van der Waals surface area contributed by atoms with Gasteiger partial charge in [0.05, 0.1) is 22.2 Å². The number of pyridine rings is 1. The van der Waals surface area contributed by atoms with E-state index in [2.05, 4.69) is 20.6 Å². The first kappa shape index (κ1) is 24.1. The Labute approximate surface area is 211 Å². The molecule has 0 bridgehead atoms. The third-order valence-electron chi connectivity index (χ3n) is 6.85. The number of rotatable bonds is 10. The van der Waals surface area contributed by atoms with Gasteiger partial charge in [-0.1, -0.05) is 31.0 Å². The highest BCUT2D eigenvalue weighted by molar-refractivity contribution is 7.20. The standard InChI is InChI=1S/C26H27N5O4S/c27-23(33)21-16(4-3-10-28-21)17(12-14-7-8-14)25(35)30-19(13-15-9-11-29-24(15)34)22(32)26-31-18-5-1-2-6-20(18)36-26/h1-6,10,14-15,17,19H,7-9,11-13H2,(H2,27,33)(H,29,34)(H,30,35)/t15-,17-,19-/m0/s1. The van der Waals surface area contributed by atoms with E-state index in [1.807, 2.05) is 24.3 Å². The lowest BCUT2D eigenvalue weighted by atomic mass is 9.89. The van der Waals surface area contributed by atoms with Crippen LogP contribution in [0.1, 0.15) is 63.9 Å². The van der Waals surface area contributed by atoms with Gasteiger partial charge in [0.25, 0.3) is 5.91 Å². The maximum atomic E-state index is 13.7. The number of carbonyl (C=O) groups excluding carboxylic acids is 4. The van der Waals surface area contributed by atoms with Crippen molar-refractivity contribution in [2.45, 2.75) is 44.1 Å². The van der Waals surface area contributed by atoms with Gasteiger partial charge in [0.15, 0.2) is 5.01 Å².